The van der Waals surface area contributed by atoms with Crippen molar-refractivity contribution in [3.63, 3.8) is 0 Å². The number of hydrogen-bond donors (Lipinski definition) is 1. The van der Waals surface area contributed by atoms with Crippen LogP contribution in [0.15, 0.2) is 30.5 Å². The van der Waals surface area contributed by atoms with Crippen LogP contribution in [-0.4, -0.2) is 39.8 Å². The summed E-state index contributed by atoms with van der Waals surface area (Å²) in [6.45, 7) is 11.2. The highest BCUT2D eigenvalue weighted by molar-refractivity contribution is 6.76. The van der Waals surface area contributed by atoms with Gasteiger partial charge in [0.05, 0.1) is 28.0 Å². The van der Waals surface area contributed by atoms with Crippen LogP contribution in [0.4, 0.5) is 13.2 Å². The monoisotopic (exact) mass is 500 g/mol. The fourth-order valence-electron chi connectivity index (χ4n) is 3.37. The molecule has 1 N–H and O–H groups in total. The molecule has 0 aliphatic carbocycles. The predicted molar refractivity (Wildman–Crippen MR) is 124 cm³/mol. The van der Waals surface area contributed by atoms with Crippen molar-refractivity contribution in [1.29, 1.82) is 0 Å². The Morgan fingerprint density at radius 1 is 1.15 bits per heavy atom. The number of hydrogen-bond acceptors (Lipinski definition) is 5. The number of benzene rings is 1. The Morgan fingerprint density at radius 3 is 2.45 bits per heavy atom. The third-order valence-electron chi connectivity index (χ3n) is 5.46. The molecule has 3 aromatic rings. The number of aliphatic hydroxyl groups is 1. The molecule has 0 bridgehead atoms. The minimum atomic E-state index is -4.57. The quantitative estimate of drug-likeness (QED) is 0.317. The summed E-state index contributed by atoms with van der Waals surface area (Å²) in [5, 5.41) is 19.6. The smallest absolute Gasteiger partial charge is 0.377 e. The van der Waals surface area contributed by atoms with Gasteiger partial charge in [-0.15, -0.1) is 5.10 Å². The van der Waals surface area contributed by atoms with Gasteiger partial charge >= 0.3 is 6.18 Å². The first-order valence-corrected chi connectivity index (χ1v) is 14.7. The summed E-state index contributed by atoms with van der Waals surface area (Å²) in [4.78, 5) is 4.44. The maximum atomic E-state index is 13.2. The van der Waals surface area contributed by atoms with Crippen molar-refractivity contribution in [3.05, 3.63) is 52.4 Å². The molecule has 0 fully saturated rings. The number of halogens is 4. The molecule has 0 aliphatic heterocycles. The van der Waals surface area contributed by atoms with Gasteiger partial charge in [-0.25, -0.2) is 9.67 Å². The molecule has 1 aromatic carbocycles. The molecule has 1 atom stereocenters. The number of ether oxygens (including phenoxy) is 1. The topological polar surface area (TPSA) is 73.1 Å². The lowest BCUT2D eigenvalue weighted by Crippen LogP contribution is -2.35. The molecule has 2 aromatic heterocycles. The van der Waals surface area contributed by atoms with Gasteiger partial charge in [-0.2, -0.15) is 13.2 Å². The van der Waals surface area contributed by atoms with Crippen molar-refractivity contribution in [2.24, 2.45) is 5.92 Å². The molecule has 0 radical (unpaired) electrons. The largest absolute Gasteiger partial charge is 0.417 e. The van der Waals surface area contributed by atoms with Crippen molar-refractivity contribution < 1.29 is 23.0 Å². The summed E-state index contributed by atoms with van der Waals surface area (Å²) in [6, 6.07) is 6.12. The summed E-state index contributed by atoms with van der Waals surface area (Å²) < 4.78 is 46.7. The van der Waals surface area contributed by atoms with Crippen molar-refractivity contribution >= 4 is 30.6 Å². The summed E-state index contributed by atoms with van der Waals surface area (Å²) in [5.74, 6) is -0.356. The van der Waals surface area contributed by atoms with Crippen LogP contribution in [0.5, 0.6) is 0 Å². The molecule has 11 heteroatoms. The third-order valence-corrected chi connectivity index (χ3v) is 7.48. The van der Waals surface area contributed by atoms with Gasteiger partial charge in [0.15, 0.2) is 5.60 Å². The molecule has 0 aliphatic rings. The van der Waals surface area contributed by atoms with Gasteiger partial charge in [-0.05, 0) is 30.2 Å². The molecule has 33 heavy (non-hydrogen) atoms. The first-order valence-electron chi connectivity index (χ1n) is 10.6. The lowest BCUT2D eigenvalue weighted by Gasteiger charge is -2.29. The van der Waals surface area contributed by atoms with Crippen LogP contribution < -0.4 is 0 Å². The maximum absolute atomic E-state index is 13.2. The summed E-state index contributed by atoms with van der Waals surface area (Å²) >= 11 is 5.87. The zero-order valence-corrected chi connectivity index (χ0v) is 21.0. The van der Waals surface area contributed by atoms with Crippen molar-refractivity contribution in [1.82, 2.24) is 20.0 Å². The number of nitrogens with zero attached hydrogens (tertiary/aromatic N) is 4. The number of alkyl halides is 3. The van der Waals surface area contributed by atoms with Gasteiger partial charge < -0.3 is 9.84 Å². The summed E-state index contributed by atoms with van der Waals surface area (Å²) in [7, 11) is -1.21. The number of fused-ring (bicyclic) bond motifs is 1. The van der Waals surface area contributed by atoms with Gasteiger partial charge in [-0.1, -0.05) is 56.4 Å². The van der Waals surface area contributed by atoms with Crippen LogP contribution in [0.3, 0.4) is 0 Å². The van der Waals surface area contributed by atoms with Gasteiger partial charge in [-0.3, -0.25) is 0 Å². The minimum absolute atomic E-state index is 0.201. The van der Waals surface area contributed by atoms with Crippen LogP contribution in [0, 0.1) is 5.92 Å². The standard InChI is InChI=1S/C22H28ClF3N4O2Si/c1-14(2)21(31,20-12-30(29-28-20)13-32-8-9-33(3,4)5)19-7-6-15-10-16(22(24,25)26)17(23)11-18(15)27-19/h6-7,10-12,14,31H,8-9,13H2,1-5H3. The van der Waals surface area contributed by atoms with E-state index in [1.807, 2.05) is 0 Å². The van der Waals surface area contributed by atoms with E-state index in [1.165, 1.54) is 16.8 Å². The Bertz CT molecular complexity index is 1130. The average Bonchev–Trinajstić information content (AvgIpc) is 3.17. The molecule has 0 saturated heterocycles. The van der Waals surface area contributed by atoms with Crippen molar-refractivity contribution in [2.75, 3.05) is 6.61 Å². The highest BCUT2D eigenvalue weighted by Crippen LogP contribution is 2.39. The fraction of sp³-hybridized carbons (Fsp3) is 0.500. The Kier molecular flexibility index (Phi) is 7.23. The van der Waals surface area contributed by atoms with E-state index >= 15 is 0 Å². The van der Waals surface area contributed by atoms with E-state index in [0.717, 1.165) is 18.2 Å². The van der Waals surface area contributed by atoms with E-state index in [2.05, 4.69) is 34.9 Å². The molecule has 0 spiro atoms. The molecule has 0 amide bonds. The maximum Gasteiger partial charge on any atom is 0.417 e. The van der Waals surface area contributed by atoms with Gasteiger partial charge in [0.2, 0.25) is 0 Å². The third kappa shape index (κ3) is 5.74. The summed E-state index contributed by atoms with van der Waals surface area (Å²) in [6.07, 6.45) is -2.97. The van der Waals surface area contributed by atoms with E-state index in [-0.39, 0.29) is 34.9 Å². The minimum Gasteiger partial charge on any atom is -0.377 e. The number of aromatic nitrogens is 4. The Morgan fingerprint density at radius 2 is 1.85 bits per heavy atom. The van der Waals surface area contributed by atoms with Crippen molar-refractivity contribution in [2.45, 2.75) is 58.0 Å². The molecular weight excluding hydrogens is 473 g/mol. The van der Waals surface area contributed by atoms with E-state index in [1.54, 1.807) is 20.0 Å². The second kappa shape index (κ2) is 9.32. The van der Waals surface area contributed by atoms with E-state index in [0.29, 0.717) is 6.61 Å². The Balaban J connectivity index is 1.91. The SMILES string of the molecule is CC(C)C(O)(c1cn(COCC[Si](C)(C)C)nn1)c1ccc2cc(C(F)(F)F)c(Cl)cc2n1. The molecule has 1 unspecified atom stereocenters. The lowest BCUT2D eigenvalue weighted by molar-refractivity contribution is -0.137. The highest BCUT2D eigenvalue weighted by Gasteiger charge is 2.40. The van der Waals surface area contributed by atoms with Gasteiger partial charge in [0, 0.05) is 20.1 Å². The lowest BCUT2D eigenvalue weighted by atomic mass is 9.83. The Hall–Kier alpha value is -2.01. The molecular formula is C22H28ClF3N4O2Si. The summed E-state index contributed by atoms with van der Waals surface area (Å²) in [5.41, 5.74) is -1.78. The molecule has 180 valence electrons. The normalized spacial score (nSPS) is 14.8. The van der Waals surface area contributed by atoms with Gasteiger partial charge in [0.1, 0.15) is 12.4 Å². The fourth-order valence-corrected chi connectivity index (χ4v) is 4.39. The van der Waals surface area contributed by atoms with Gasteiger partial charge in [0.25, 0.3) is 0 Å². The number of pyridine rings is 1. The molecule has 3 rings (SSSR count). The Labute approximate surface area is 196 Å². The van der Waals surface area contributed by atoms with Crippen LogP contribution >= 0.6 is 11.6 Å². The highest BCUT2D eigenvalue weighted by atomic mass is 35.5. The molecule has 2 heterocycles. The predicted octanol–water partition coefficient (Wildman–Crippen LogP) is 5.70. The molecule has 0 saturated carbocycles. The van der Waals surface area contributed by atoms with E-state index in [4.69, 9.17) is 16.3 Å². The van der Waals surface area contributed by atoms with Crippen molar-refractivity contribution in [3.8, 4) is 0 Å². The van der Waals surface area contributed by atoms with E-state index in [9.17, 15) is 18.3 Å². The van der Waals surface area contributed by atoms with E-state index < -0.39 is 30.4 Å². The second-order valence-corrected chi connectivity index (χ2v) is 15.7. The van der Waals surface area contributed by atoms with Crippen LogP contribution in [0.1, 0.15) is 30.8 Å². The zero-order chi connectivity index (χ0) is 24.6. The average molecular weight is 501 g/mol. The second-order valence-electron chi connectivity index (χ2n) is 9.63. The first kappa shape index (κ1) is 25.6. The zero-order valence-electron chi connectivity index (χ0n) is 19.2. The number of rotatable bonds is 8. The van der Waals surface area contributed by atoms with Crippen LogP contribution in [0.2, 0.25) is 30.7 Å². The first-order chi connectivity index (χ1) is 15.2. The molecule has 6 nitrogen and oxygen atoms in total. The van der Waals surface area contributed by atoms with Crippen LogP contribution in [0.25, 0.3) is 10.9 Å². The van der Waals surface area contributed by atoms with Crippen LogP contribution in [-0.2, 0) is 23.2 Å².